The number of benzene rings is 2. The first-order valence-corrected chi connectivity index (χ1v) is 9.20. The minimum absolute atomic E-state index is 0.436. The molecule has 4 nitrogen and oxygen atoms in total. The number of thiocarbonyl (C=S) groups is 1. The van der Waals surface area contributed by atoms with Gasteiger partial charge in [0.1, 0.15) is 0 Å². The SMILES string of the molecule is Cc1ccccc1Cn1ccc(NC(=S)Nc2ccc(Br)cc2Cl)n1. The van der Waals surface area contributed by atoms with Crippen LogP contribution < -0.4 is 10.6 Å². The molecule has 0 saturated heterocycles. The minimum atomic E-state index is 0.436. The van der Waals surface area contributed by atoms with E-state index in [2.05, 4.69) is 50.7 Å². The smallest absolute Gasteiger partial charge is 0.176 e. The first-order chi connectivity index (χ1) is 12.0. The molecule has 0 atom stereocenters. The van der Waals surface area contributed by atoms with Gasteiger partial charge in [0.25, 0.3) is 0 Å². The Hall–Kier alpha value is -1.89. The maximum absolute atomic E-state index is 6.19. The van der Waals surface area contributed by atoms with Gasteiger partial charge in [0, 0.05) is 16.7 Å². The van der Waals surface area contributed by atoms with Gasteiger partial charge in [-0.25, -0.2) is 0 Å². The summed E-state index contributed by atoms with van der Waals surface area (Å²) in [4.78, 5) is 0. The highest BCUT2D eigenvalue weighted by Gasteiger charge is 2.06. The summed E-state index contributed by atoms with van der Waals surface area (Å²) in [5, 5.41) is 11.7. The molecule has 25 heavy (non-hydrogen) atoms. The number of aromatic nitrogens is 2. The van der Waals surface area contributed by atoms with Crippen molar-refractivity contribution in [2.24, 2.45) is 0 Å². The van der Waals surface area contributed by atoms with E-state index in [4.69, 9.17) is 23.8 Å². The molecule has 0 saturated carbocycles. The Kier molecular flexibility index (Phi) is 5.73. The van der Waals surface area contributed by atoms with Crippen LogP contribution in [0.3, 0.4) is 0 Å². The summed E-state index contributed by atoms with van der Waals surface area (Å²) in [6.07, 6.45) is 1.92. The number of anilines is 2. The normalized spacial score (nSPS) is 10.5. The molecule has 1 aromatic heterocycles. The van der Waals surface area contributed by atoms with Crippen molar-refractivity contribution in [3.63, 3.8) is 0 Å². The number of aryl methyl sites for hydroxylation is 1. The number of hydrogen-bond donors (Lipinski definition) is 2. The standard InChI is InChI=1S/C18H16BrClN4S/c1-12-4-2-3-5-13(12)11-24-9-8-17(23-24)22-18(25)21-16-7-6-14(19)10-15(16)20/h2-10H,11H2,1H3,(H2,21,22,23,25). The summed E-state index contributed by atoms with van der Waals surface area (Å²) in [7, 11) is 0. The fourth-order valence-electron chi connectivity index (χ4n) is 2.34. The Morgan fingerprint density at radius 3 is 2.76 bits per heavy atom. The molecule has 0 radical (unpaired) electrons. The van der Waals surface area contributed by atoms with Gasteiger partial charge >= 0.3 is 0 Å². The zero-order chi connectivity index (χ0) is 17.8. The van der Waals surface area contributed by atoms with E-state index >= 15 is 0 Å². The Labute approximate surface area is 165 Å². The van der Waals surface area contributed by atoms with Crippen molar-refractivity contribution in [3.05, 3.63) is 75.4 Å². The van der Waals surface area contributed by atoms with Gasteiger partial charge < -0.3 is 10.6 Å². The van der Waals surface area contributed by atoms with E-state index in [1.165, 1.54) is 11.1 Å². The van der Waals surface area contributed by atoms with Crippen molar-refractivity contribution in [2.45, 2.75) is 13.5 Å². The third kappa shape index (κ3) is 4.81. The molecule has 2 aromatic carbocycles. The van der Waals surface area contributed by atoms with Crippen molar-refractivity contribution in [3.8, 4) is 0 Å². The van der Waals surface area contributed by atoms with Crippen LogP contribution in [0.2, 0.25) is 5.02 Å². The van der Waals surface area contributed by atoms with Crippen LogP contribution in [0.4, 0.5) is 11.5 Å². The average molecular weight is 436 g/mol. The number of nitrogens with zero attached hydrogens (tertiary/aromatic N) is 2. The largest absolute Gasteiger partial charge is 0.331 e. The molecule has 0 fully saturated rings. The third-order valence-electron chi connectivity index (χ3n) is 3.66. The summed E-state index contributed by atoms with van der Waals surface area (Å²) in [5.41, 5.74) is 3.22. The zero-order valence-corrected chi connectivity index (χ0v) is 16.6. The Morgan fingerprint density at radius 1 is 1.20 bits per heavy atom. The molecule has 0 aliphatic carbocycles. The summed E-state index contributed by atoms with van der Waals surface area (Å²) in [6.45, 7) is 2.81. The molecule has 0 aliphatic rings. The van der Waals surface area contributed by atoms with Crippen molar-refractivity contribution in [1.29, 1.82) is 0 Å². The van der Waals surface area contributed by atoms with Crippen LogP contribution >= 0.6 is 39.7 Å². The van der Waals surface area contributed by atoms with Crippen molar-refractivity contribution in [2.75, 3.05) is 10.6 Å². The molecule has 0 bridgehead atoms. The Morgan fingerprint density at radius 2 is 2.00 bits per heavy atom. The van der Waals surface area contributed by atoms with Gasteiger partial charge in [-0.3, -0.25) is 4.68 Å². The lowest BCUT2D eigenvalue weighted by atomic mass is 10.1. The molecule has 2 N–H and O–H groups in total. The molecule has 3 aromatic rings. The maximum Gasteiger partial charge on any atom is 0.176 e. The van der Waals surface area contributed by atoms with Crippen LogP contribution in [0.25, 0.3) is 0 Å². The van der Waals surface area contributed by atoms with E-state index in [9.17, 15) is 0 Å². The predicted molar refractivity (Wildman–Crippen MR) is 112 cm³/mol. The van der Waals surface area contributed by atoms with E-state index in [0.717, 1.165) is 10.2 Å². The van der Waals surface area contributed by atoms with Gasteiger partial charge in [0.15, 0.2) is 10.9 Å². The quantitative estimate of drug-likeness (QED) is 0.534. The fraction of sp³-hybridized carbons (Fsp3) is 0.111. The van der Waals surface area contributed by atoms with E-state index in [1.807, 2.05) is 47.3 Å². The summed E-state index contributed by atoms with van der Waals surface area (Å²) in [6, 6.07) is 15.7. The van der Waals surface area contributed by atoms with E-state index in [0.29, 0.717) is 22.5 Å². The van der Waals surface area contributed by atoms with Gasteiger partial charge in [-0.05, 0) is 48.5 Å². The number of hydrogen-bond acceptors (Lipinski definition) is 2. The van der Waals surface area contributed by atoms with Gasteiger partial charge in [-0.1, -0.05) is 51.8 Å². The van der Waals surface area contributed by atoms with Crippen molar-refractivity contribution < 1.29 is 0 Å². The maximum atomic E-state index is 6.19. The van der Waals surface area contributed by atoms with E-state index in [1.54, 1.807) is 0 Å². The molecule has 1 heterocycles. The van der Waals surface area contributed by atoms with E-state index in [-0.39, 0.29) is 0 Å². The van der Waals surface area contributed by atoms with Crippen LogP contribution in [0.5, 0.6) is 0 Å². The van der Waals surface area contributed by atoms with E-state index < -0.39 is 0 Å². The molecule has 128 valence electrons. The second-order valence-corrected chi connectivity index (χ2v) is 7.26. The number of nitrogens with one attached hydrogen (secondary N) is 2. The van der Waals surface area contributed by atoms with Crippen molar-refractivity contribution in [1.82, 2.24) is 9.78 Å². The van der Waals surface area contributed by atoms with Crippen LogP contribution in [0.1, 0.15) is 11.1 Å². The van der Waals surface area contributed by atoms with Crippen LogP contribution in [-0.4, -0.2) is 14.9 Å². The first kappa shape index (κ1) is 17.9. The molecule has 3 rings (SSSR count). The minimum Gasteiger partial charge on any atom is -0.331 e. The van der Waals surface area contributed by atoms with Crippen LogP contribution in [0, 0.1) is 6.92 Å². The first-order valence-electron chi connectivity index (χ1n) is 7.62. The Bertz CT molecular complexity index is 910. The third-order valence-corrected chi connectivity index (χ3v) is 4.67. The summed E-state index contributed by atoms with van der Waals surface area (Å²) in [5.74, 6) is 0.680. The molecule has 0 aliphatic heterocycles. The average Bonchev–Trinajstić information content (AvgIpc) is 2.99. The van der Waals surface area contributed by atoms with Gasteiger partial charge in [-0.15, -0.1) is 0 Å². The monoisotopic (exact) mass is 434 g/mol. The lowest BCUT2D eigenvalue weighted by Crippen LogP contribution is -2.19. The van der Waals surface area contributed by atoms with Gasteiger partial charge in [-0.2, -0.15) is 5.10 Å². The summed E-state index contributed by atoms with van der Waals surface area (Å²) < 4.78 is 2.79. The van der Waals surface area contributed by atoms with Crippen LogP contribution in [0.15, 0.2) is 59.2 Å². The van der Waals surface area contributed by atoms with Crippen molar-refractivity contribution >= 4 is 56.4 Å². The number of halogens is 2. The topological polar surface area (TPSA) is 41.9 Å². The second kappa shape index (κ2) is 7.99. The highest BCUT2D eigenvalue weighted by molar-refractivity contribution is 9.10. The predicted octanol–water partition coefficient (Wildman–Crippen LogP) is 5.46. The number of rotatable bonds is 4. The summed E-state index contributed by atoms with van der Waals surface area (Å²) >= 11 is 14.9. The van der Waals surface area contributed by atoms with Crippen LogP contribution in [-0.2, 0) is 6.54 Å². The van der Waals surface area contributed by atoms with Gasteiger partial charge in [0.05, 0.1) is 17.3 Å². The Balaban J connectivity index is 1.63. The molecule has 7 heteroatoms. The molecular weight excluding hydrogens is 420 g/mol. The molecule has 0 unspecified atom stereocenters. The lowest BCUT2D eigenvalue weighted by Gasteiger charge is -2.10. The molecule has 0 amide bonds. The lowest BCUT2D eigenvalue weighted by molar-refractivity contribution is 0.687. The highest BCUT2D eigenvalue weighted by Crippen LogP contribution is 2.25. The zero-order valence-electron chi connectivity index (χ0n) is 13.5. The second-order valence-electron chi connectivity index (χ2n) is 5.53. The van der Waals surface area contributed by atoms with Gasteiger partial charge in [0.2, 0.25) is 0 Å². The molecule has 0 spiro atoms. The fourth-order valence-corrected chi connectivity index (χ4v) is 3.27. The highest BCUT2D eigenvalue weighted by atomic mass is 79.9. The molecular formula is C18H16BrClN4S.